The first kappa shape index (κ1) is 24.0. The molecule has 7 heteroatoms. The summed E-state index contributed by atoms with van der Waals surface area (Å²) in [5.74, 6) is 0.873. The molecule has 2 N–H and O–H groups in total. The Morgan fingerprint density at radius 1 is 1.10 bits per heavy atom. The fraction of sp³-hybridized carbons (Fsp3) is 0.708. The number of likely N-dealkylation sites (N-methyl/N-ethyl adjacent to an activating group) is 1. The lowest BCUT2D eigenvalue weighted by Gasteiger charge is -2.34. The number of nitrogens with one attached hydrogen (secondary N) is 2. The quantitative estimate of drug-likeness (QED) is 0.318. The van der Waals surface area contributed by atoms with Crippen LogP contribution in [0.2, 0.25) is 0 Å². The van der Waals surface area contributed by atoms with Crippen LogP contribution >= 0.6 is 0 Å². The molecule has 1 atom stereocenters. The lowest BCUT2D eigenvalue weighted by atomic mass is 10.1. The first-order valence-electron chi connectivity index (χ1n) is 12.0. The summed E-state index contributed by atoms with van der Waals surface area (Å²) in [4.78, 5) is 9.93. The molecular formula is C24H41N5O2. The molecular weight excluding hydrogens is 390 g/mol. The molecule has 2 heterocycles. The predicted molar refractivity (Wildman–Crippen MR) is 126 cm³/mol. The van der Waals surface area contributed by atoms with Crippen LogP contribution in [0.4, 0.5) is 0 Å². The molecule has 0 amide bonds. The standard InChI is InChI=1S/C24H41N5O2/c1-3-25-24(26-11-7-16-31-23-10-17-30-20-23)27-18-21-8-5-6-9-22(21)19-29-14-12-28(4-2)13-15-29/h5-6,8-9,23H,3-4,7,10-20H2,1-2H3,(H2,25,26,27). The molecule has 7 nitrogen and oxygen atoms in total. The number of ether oxygens (including phenoxy) is 2. The Morgan fingerprint density at radius 2 is 1.87 bits per heavy atom. The monoisotopic (exact) mass is 431 g/mol. The van der Waals surface area contributed by atoms with E-state index in [1.807, 2.05) is 0 Å². The van der Waals surface area contributed by atoms with Crippen molar-refractivity contribution < 1.29 is 9.47 Å². The van der Waals surface area contributed by atoms with Gasteiger partial charge in [-0.3, -0.25) is 4.90 Å². The topological polar surface area (TPSA) is 61.4 Å². The molecule has 1 aromatic carbocycles. The second kappa shape index (κ2) is 13.7. The summed E-state index contributed by atoms with van der Waals surface area (Å²) < 4.78 is 11.2. The fourth-order valence-electron chi connectivity index (χ4n) is 4.05. The molecule has 2 fully saturated rings. The summed E-state index contributed by atoms with van der Waals surface area (Å²) in [6.07, 6.45) is 2.26. The van der Waals surface area contributed by atoms with Crippen molar-refractivity contribution >= 4 is 5.96 Å². The minimum atomic E-state index is 0.281. The third kappa shape index (κ3) is 8.41. The lowest BCUT2D eigenvalue weighted by Crippen LogP contribution is -2.45. The summed E-state index contributed by atoms with van der Waals surface area (Å²) in [5, 5.41) is 6.80. The van der Waals surface area contributed by atoms with E-state index in [2.05, 4.69) is 58.5 Å². The smallest absolute Gasteiger partial charge is 0.191 e. The zero-order valence-electron chi connectivity index (χ0n) is 19.4. The SMILES string of the molecule is CCNC(=NCc1ccccc1CN1CCN(CC)CC1)NCCCOC1CCOC1. The largest absolute Gasteiger partial charge is 0.379 e. The second-order valence-electron chi connectivity index (χ2n) is 8.31. The Balaban J connectivity index is 1.46. The van der Waals surface area contributed by atoms with Crippen molar-refractivity contribution in [2.24, 2.45) is 4.99 Å². The number of hydrogen-bond donors (Lipinski definition) is 2. The first-order valence-corrected chi connectivity index (χ1v) is 12.0. The second-order valence-corrected chi connectivity index (χ2v) is 8.31. The lowest BCUT2D eigenvalue weighted by molar-refractivity contribution is 0.0420. The van der Waals surface area contributed by atoms with Gasteiger partial charge < -0.3 is 25.0 Å². The van der Waals surface area contributed by atoms with Crippen molar-refractivity contribution in [3.05, 3.63) is 35.4 Å². The minimum absolute atomic E-state index is 0.281. The summed E-state index contributed by atoms with van der Waals surface area (Å²) in [7, 11) is 0. The van der Waals surface area contributed by atoms with Crippen molar-refractivity contribution in [1.82, 2.24) is 20.4 Å². The molecule has 3 rings (SSSR count). The Morgan fingerprint density at radius 3 is 2.58 bits per heavy atom. The van der Waals surface area contributed by atoms with Gasteiger partial charge in [-0.25, -0.2) is 4.99 Å². The summed E-state index contributed by atoms with van der Waals surface area (Å²) in [5.41, 5.74) is 2.70. The molecule has 0 aliphatic carbocycles. The average molecular weight is 432 g/mol. The van der Waals surface area contributed by atoms with Crippen LogP contribution in [-0.4, -0.2) is 87.5 Å². The molecule has 0 bridgehead atoms. The highest BCUT2D eigenvalue weighted by molar-refractivity contribution is 5.79. The van der Waals surface area contributed by atoms with Crippen LogP contribution in [0.15, 0.2) is 29.3 Å². The molecule has 0 aromatic heterocycles. The van der Waals surface area contributed by atoms with E-state index in [1.165, 1.54) is 24.2 Å². The summed E-state index contributed by atoms with van der Waals surface area (Å²) >= 11 is 0. The first-order chi connectivity index (χ1) is 15.3. The van der Waals surface area contributed by atoms with Crippen LogP contribution in [-0.2, 0) is 22.6 Å². The summed E-state index contributed by atoms with van der Waals surface area (Å²) in [6, 6.07) is 8.72. The van der Waals surface area contributed by atoms with Crippen molar-refractivity contribution in [3.8, 4) is 0 Å². The number of rotatable bonds is 11. The number of aliphatic imine (C=N–C) groups is 1. The summed E-state index contributed by atoms with van der Waals surface area (Å²) in [6.45, 7) is 15.9. The van der Waals surface area contributed by atoms with Gasteiger partial charge in [0.25, 0.3) is 0 Å². The van der Waals surface area contributed by atoms with Gasteiger partial charge in [-0.2, -0.15) is 0 Å². The van der Waals surface area contributed by atoms with Gasteiger partial charge in [-0.15, -0.1) is 0 Å². The molecule has 0 radical (unpaired) electrons. The molecule has 174 valence electrons. The van der Waals surface area contributed by atoms with E-state index in [9.17, 15) is 0 Å². The highest BCUT2D eigenvalue weighted by Gasteiger charge is 2.17. The Bertz CT molecular complexity index is 655. The van der Waals surface area contributed by atoms with Crippen LogP contribution in [0.25, 0.3) is 0 Å². The fourth-order valence-corrected chi connectivity index (χ4v) is 4.05. The molecule has 31 heavy (non-hydrogen) atoms. The third-order valence-electron chi connectivity index (χ3n) is 6.03. The van der Waals surface area contributed by atoms with E-state index in [4.69, 9.17) is 14.5 Å². The van der Waals surface area contributed by atoms with Gasteiger partial charge >= 0.3 is 0 Å². The molecule has 1 aromatic rings. The maximum atomic E-state index is 5.84. The van der Waals surface area contributed by atoms with Gasteiger partial charge in [-0.1, -0.05) is 31.2 Å². The van der Waals surface area contributed by atoms with Gasteiger partial charge in [0.1, 0.15) is 0 Å². The maximum Gasteiger partial charge on any atom is 0.191 e. The van der Waals surface area contributed by atoms with E-state index in [0.717, 1.165) is 77.9 Å². The number of nitrogens with zero attached hydrogens (tertiary/aromatic N) is 3. The van der Waals surface area contributed by atoms with Crippen molar-refractivity contribution in [2.75, 3.05) is 65.6 Å². The number of piperazine rings is 1. The Kier molecular flexibility index (Phi) is 10.6. The van der Waals surface area contributed by atoms with Crippen molar-refractivity contribution in [1.29, 1.82) is 0 Å². The van der Waals surface area contributed by atoms with E-state index in [0.29, 0.717) is 6.54 Å². The predicted octanol–water partition coefficient (Wildman–Crippen LogP) is 2.07. The average Bonchev–Trinajstić information content (AvgIpc) is 3.32. The van der Waals surface area contributed by atoms with Crippen LogP contribution in [0, 0.1) is 0 Å². The molecule has 1 unspecified atom stereocenters. The molecule has 2 aliphatic rings. The zero-order chi connectivity index (χ0) is 21.7. The van der Waals surface area contributed by atoms with Crippen LogP contribution in [0.1, 0.15) is 37.8 Å². The van der Waals surface area contributed by atoms with Gasteiger partial charge in [0.15, 0.2) is 5.96 Å². The maximum absolute atomic E-state index is 5.84. The normalized spacial score (nSPS) is 20.8. The zero-order valence-corrected chi connectivity index (χ0v) is 19.4. The third-order valence-corrected chi connectivity index (χ3v) is 6.03. The Labute approximate surface area is 188 Å². The number of hydrogen-bond acceptors (Lipinski definition) is 5. The van der Waals surface area contributed by atoms with E-state index in [1.54, 1.807) is 0 Å². The van der Waals surface area contributed by atoms with Crippen LogP contribution in [0.3, 0.4) is 0 Å². The van der Waals surface area contributed by atoms with E-state index in [-0.39, 0.29) is 6.10 Å². The molecule has 0 spiro atoms. The highest BCUT2D eigenvalue weighted by atomic mass is 16.5. The number of guanidine groups is 1. The van der Waals surface area contributed by atoms with E-state index < -0.39 is 0 Å². The van der Waals surface area contributed by atoms with Crippen LogP contribution in [0.5, 0.6) is 0 Å². The molecule has 2 aliphatic heterocycles. The van der Waals surface area contributed by atoms with Gasteiger partial charge in [0.05, 0.1) is 19.3 Å². The Hall–Kier alpha value is -1.67. The molecule has 2 saturated heterocycles. The van der Waals surface area contributed by atoms with Crippen molar-refractivity contribution in [2.45, 2.75) is 45.9 Å². The van der Waals surface area contributed by atoms with Crippen LogP contribution < -0.4 is 10.6 Å². The molecule has 0 saturated carbocycles. The van der Waals surface area contributed by atoms with E-state index >= 15 is 0 Å². The van der Waals surface area contributed by atoms with Gasteiger partial charge in [-0.05, 0) is 37.4 Å². The van der Waals surface area contributed by atoms with Gasteiger partial charge in [0.2, 0.25) is 0 Å². The van der Waals surface area contributed by atoms with Gasteiger partial charge in [0, 0.05) is 59.0 Å². The highest BCUT2D eigenvalue weighted by Crippen LogP contribution is 2.14. The number of benzene rings is 1. The minimum Gasteiger partial charge on any atom is -0.379 e. The van der Waals surface area contributed by atoms with Crippen molar-refractivity contribution in [3.63, 3.8) is 0 Å².